The van der Waals surface area contributed by atoms with Crippen molar-refractivity contribution in [2.24, 2.45) is 0 Å². The molecule has 7 rings (SSSR count). The molecule has 0 atom stereocenters. The highest BCUT2D eigenvalue weighted by Gasteiger charge is 2.28. The molecule has 1 aliphatic rings. The standard InChI is InChI=1S/C37H37F2N11O3S/c1-4-17-54(52,53)47-30-10-9-29(38)36(34(30)39)50-21-28(26-19-40-22-41-20-26)35-31(50)11-12-32(42-35)48(3)27-13-15-49(16-14-27)33(51)18-24-5-7-25(8-6-24)37-45-43-23(2)44-46-37/h5-12,19-22,27,47H,4,13-18H2,1-3H3. The fourth-order valence-electron chi connectivity index (χ4n) is 6.60. The maximum Gasteiger partial charge on any atom is 0.232 e. The number of fused-ring (bicyclic) bond motifs is 1. The molecule has 0 aliphatic carbocycles. The van der Waals surface area contributed by atoms with Gasteiger partial charge in [-0.2, -0.15) is 0 Å². The van der Waals surface area contributed by atoms with Crippen molar-refractivity contribution in [1.29, 1.82) is 0 Å². The van der Waals surface area contributed by atoms with Crippen LogP contribution in [0.25, 0.3) is 39.2 Å². The summed E-state index contributed by atoms with van der Waals surface area (Å²) in [5.41, 5.74) is 2.79. The van der Waals surface area contributed by atoms with E-state index >= 15 is 8.78 Å². The third-order valence-electron chi connectivity index (χ3n) is 9.42. The molecule has 14 nitrogen and oxygen atoms in total. The normalized spacial score (nSPS) is 13.7. The monoisotopic (exact) mass is 753 g/mol. The van der Waals surface area contributed by atoms with Crippen LogP contribution in [-0.2, 0) is 21.2 Å². The summed E-state index contributed by atoms with van der Waals surface area (Å²) in [4.78, 5) is 30.4. The number of rotatable bonds is 11. The number of hydrogen-bond acceptors (Lipinski definition) is 11. The Kier molecular flexibility index (Phi) is 10.2. The maximum atomic E-state index is 16.0. The van der Waals surface area contributed by atoms with E-state index in [0.29, 0.717) is 72.0 Å². The molecular formula is C37H37F2N11O3S. The smallest absolute Gasteiger partial charge is 0.232 e. The summed E-state index contributed by atoms with van der Waals surface area (Å²) in [5, 5.41) is 16.0. The number of halogens is 2. The van der Waals surface area contributed by atoms with Crippen molar-refractivity contribution < 1.29 is 22.0 Å². The van der Waals surface area contributed by atoms with Crippen molar-refractivity contribution in [2.45, 2.75) is 45.6 Å². The first-order valence-corrected chi connectivity index (χ1v) is 19.1. The Morgan fingerprint density at radius 3 is 2.33 bits per heavy atom. The second kappa shape index (κ2) is 15.2. The number of carbonyl (C=O) groups excluding carboxylic acids is 1. The first kappa shape index (κ1) is 36.4. The van der Waals surface area contributed by atoms with Crippen molar-refractivity contribution in [2.75, 3.05) is 35.5 Å². The van der Waals surface area contributed by atoms with Crippen LogP contribution in [0.1, 0.15) is 37.6 Å². The van der Waals surface area contributed by atoms with Crippen molar-refractivity contribution in [3.05, 3.63) is 96.5 Å². The number of pyridine rings is 1. The summed E-state index contributed by atoms with van der Waals surface area (Å²) in [5.74, 6) is -0.577. The minimum atomic E-state index is -3.84. The number of sulfonamides is 1. The van der Waals surface area contributed by atoms with E-state index in [9.17, 15) is 13.2 Å². The Labute approximate surface area is 310 Å². The average Bonchev–Trinajstić information content (AvgIpc) is 3.55. The number of hydrogen-bond donors (Lipinski definition) is 1. The lowest BCUT2D eigenvalue weighted by atomic mass is 10.0. The molecule has 1 saturated heterocycles. The minimum absolute atomic E-state index is 0.0380. The van der Waals surface area contributed by atoms with E-state index < -0.39 is 27.3 Å². The number of likely N-dealkylation sites (tertiary alicyclic amines) is 1. The SMILES string of the molecule is CCCS(=O)(=O)Nc1ccc(F)c(-n2cc(-c3cncnc3)c3nc(N(C)C4CCN(C(=O)Cc5ccc(-c6nnc(C)nn6)cc5)CC4)ccc32)c1F. The number of aromatic nitrogens is 8. The summed E-state index contributed by atoms with van der Waals surface area (Å²) in [6.07, 6.45) is 8.11. The van der Waals surface area contributed by atoms with E-state index in [-0.39, 0.29) is 29.8 Å². The van der Waals surface area contributed by atoms with Gasteiger partial charge in [0.1, 0.15) is 23.6 Å². The quantitative estimate of drug-likeness (QED) is 0.186. The largest absolute Gasteiger partial charge is 0.357 e. The molecule has 1 amide bonds. The van der Waals surface area contributed by atoms with Gasteiger partial charge >= 0.3 is 0 Å². The molecule has 0 saturated carbocycles. The van der Waals surface area contributed by atoms with Crippen LogP contribution in [0, 0.1) is 18.6 Å². The Hall–Kier alpha value is -5.97. The van der Waals surface area contributed by atoms with Gasteiger partial charge in [0.15, 0.2) is 11.6 Å². The number of nitrogens with one attached hydrogen (secondary N) is 1. The highest BCUT2D eigenvalue weighted by atomic mass is 32.2. The number of benzene rings is 2. The van der Waals surface area contributed by atoms with Gasteiger partial charge in [0, 0.05) is 61.5 Å². The van der Waals surface area contributed by atoms with Gasteiger partial charge in [-0.05, 0) is 56.0 Å². The number of piperidine rings is 1. The first-order chi connectivity index (χ1) is 26.0. The molecule has 5 heterocycles. The fraction of sp³-hybridized carbons (Fsp3) is 0.297. The summed E-state index contributed by atoms with van der Waals surface area (Å²) < 4.78 is 60.0. The summed E-state index contributed by atoms with van der Waals surface area (Å²) in [6, 6.07) is 13.2. The number of nitrogens with zero attached hydrogens (tertiary/aromatic N) is 10. The minimum Gasteiger partial charge on any atom is -0.357 e. The number of carbonyl (C=O) groups is 1. The van der Waals surface area contributed by atoms with E-state index in [2.05, 4.69) is 40.0 Å². The van der Waals surface area contributed by atoms with Gasteiger partial charge in [-0.15, -0.1) is 20.4 Å². The highest BCUT2D eigenvalue weighted by molar-refractivity contribution is 7.92. The second-order valence-electron chi connectivity index (χ2n) is 13.1. The Morgan fingerprint density at radius 1 is 0.944 bits per heavy atom. The number of anilines is 2. The van der Waals surface area contributed by atoms with E-state index in [1.807, 2.05) is 36.2 Å². The van der Waals surface area contributed by atoms with E-state index in [4.69, 9.17) is 4.98 Å². The van der Waals surface area contributed by atoms with Crippen LogP contribution in [0.3, 0.4) is 0 Å². The molecule has 1 fully saturated rings. The van der Waals surface area contributed by atoms with Crippen LogP contribution in [0.4, 0.5) is 20.3 Å². The van der Waals surface area contributed by atoms with Crippen LogP contribution >= 0.6 is 0 Å². The van der Waals surface area contributed by atoms with Crippen molar-refractivity contribution >= 4 is 38.5 Å². The lowest BCUT2D eigenvalue weighted by molar-refractivity contribution is -0.131. The zero-order valence-electron chi connectivity index (χ0n) is 29.8. The predicted molar refractivity (Wildman–Crippen MR) is 199 cm³/mol. The van der Waals surface area contributed by atoms with Crippen LogP contribution in [0.2, 0.25) is 0 Å². The Balaban J connectivity index is 1.10. The summed E-state index contributed by atoms with van der Waals surface area (Å²) >= 11 is 0. The molecule has 4 aromatic heterocycles. The van der Waals surface area contributed by atoms with Gasteiger partial charge in [0.05, 0.1) is 28.9 Å². The third-order valence-corrected chi connectivity index (χ3v) is 10.9. The molecule has 2 aromatic carbocycles. The van der Waals surface area contributed by atoms with Crippen molar-refractivity contribution in [3.63, 3.8) is 0 Å². The van der Waals surface area contributed by atoms with E-state index in [1.54, 1.807) is 44.6 Å². The van der Waals surface area contributed by atoms with Gasteiger partial charge in [-0.1, -0.05) is 31.2 Å². The van der Waals surface area contributed by atoms with Crippen LogP contribution in [0.15, 0.2) is 73.4 Å². The molecule has 0 unspecified atom stereocenters. The molecular weight excluding hydrogens is 717 g/mol. The molecule has 17 heteroatoms. The predicted octanol–water partition coefficient (Wildman–Crippen LogP) is 5.14. The maximum absolute atomic E-state index is 16.0. The van der Waals surface area contributed by atoms with Crippen molar-refractivity contribution in [1.82, 2.24) is 44.8 Å². The zero-order valence-corrected chi connectivity index (χ0v) is 30.6. The highest BCUT2D eigenvalue weighted by Crippen LogP contribution is 2.36. The average molecular weight is 754 g/mol. The van der Waals surface area contributed by atoms with Gasteiger partial charge in [0.25, 0.3) is 0 Å². The third kappa shape index (κ3) is 7.57. The van der Waals surface area contributed by atoms with E-state index in [0.717, 1.165) is 23.3 Å². The molecule has 1 N–H and O–H groups in total. The first-order valence-electron chi connectivity index (χ1n) is 17.4. The topological polar surface area (TPSA) is 165 Å². The molecule has 6 aromatic rings. The van der Waals surface area contributed by atoms with E-state index in [1.165, 1.54) is 10.9 Å². The number of amides is 1. The Morgan fingerprint density at radius 2 is 1.65 bits per heavy atom. The molecule has 0 spiro atoms. The molecule has 54 heavy (non-hydrogen) atoms. The van der Waals surface area contributed by atoms with Crippen LogP contribution in [-0.4, -0.2) is 91.1 Å². The molecule has 278 valence electrons. The fourth-order valence-corrected chi connectivity index (χ4v) is 7.73. The van der Waals surface area contributed by atoms with Gasteiger partial charge < -0.3 is 14.4 Å². The van der Waals surface area contributed by atoms with Crippen LogP contribution in [0.5, 0.6) is 0 Å². The van der Waals surface area contributed by atoms with Gasteiger partial charge in [-0.3, -0.25) is 9.52 Å². The lowest BCUT2D eigenvalue weighted by Crippen LogP contribution is -2.46. The van der Waals surface area contributed by atoms with Crippen molar-refractivity contribution in [3.8, 4) is 28.2 Å². The zero-order chi connectivity index (χ0) is 38.0. The van der Waals surface area contributed by atoms with Gasteiger partial charge in [-0.25, -0.2) is 32.2 Å². The lowest BCUT2D eigenvalue weighted by Gasteiger charge is -2.37. The summed E-state index contributed by atoms with van der Waals surface area (Å²) in [7, 11) is -1.91. The molecule has 1 aliphatic heterocycles. The molecule has 0 bridgehead atoms. The second-order valence-corrected chi connectivity index (χ2v) is 15.0. The summed E-state index contributed by atoms with van der Waals surface area (Å²) in [6.45, 7) is 4.55. The van der Waals surface area contributed by atoms with Gasteiger partial charge in [0.2, 0.25) is 21.8 Å². The molecule has 0 radical (unpaired) electrons. The van der Waals surface area contributed by atoms with Crippen LogP contribution < -0.4 is 9.62 Å². The Bertz CT molecular complexity index is 2410. The number of aryl methyl sites for hydroxylation is 1.